The quantitative estimate of drug-likeness (QED) is 0.571. The first-order chi connectivity index (χ1) is 9.06. The number of benzene rings is 1. The summed E-state index contributed by atoms with van der Waals surface area (Å²) >= 11 is 4.84. The molecule has 5 nitrogen and oxygen atoms in total. The molecule has 0 aromatic heterocycles. The van der Waals surface area contributed by atoms with Crippen molar-refractivity contribution in [1.82, 2.24) is 16.2 Å². The molecule has 104 valence electrons. The average molecular weight is 281 g/mol. The Hall–Kier alpha value is -1.82. The van der Waals surface area contributed by atoms with Gasteiger partial charge in [0.05, 0.1) is 0 Å². The van der Waals surface area contributed by atoms with E-state index in [1.807, 2.05) is 24.3 Å². The smallest absolute Gasteiger partial charge is 0.279 e. The van der Waals surface area contributed by atoms with E-state index in [1.165, 1.54) is 5.56 Å². The molecule has 0 heterocycles. The fourth-order valence-corrected chi connectivity index (χ4v) is 1.39. The molecule has 1 aromatic carbocycles. The molecule has 0 saturated carbocycles. The lowest BCUT2D eigenvalue weighted by molar-refractivity contribution is -0.127. The molecule has 1 amide bonds. The maximum atomic E-state index is 11.7. The first-order valence-electron chi connectivity index (χ1n) is 6.10. The van der Waals surface area contributed by atoms with Gasteiger partial charge in [0.2, 0.25) is 0 Å². The summed E-state index contributed by atoms with van der Waals surface area (Å²) < 4.78 is 5.53. The second-order valence-corrected chi connectivity index (χ2v) is 4.36. The van der Waals surface area contributed by atoms with Crippen LogP contribution in [0.5, 0.6) is 5.75 Å². The molecule has 0 radical (unpaired) electrons. The molecule has 0 aliphatic carbocycles. The van der Waals surface area contributed by atoms with Crippen molar-refractivity contribution in [2.24, 2.45) is 0 Å². The fourth-order valence-electron chi connectivity index (χ4n) is 1.34. The highest BCUT2D eigenvalue weighted by molar-refractivity contribution is 7.80. The zero-order valence-electron chi connectivity index (χ0n) is 11.3. The molecule has 1 atom stereocenters. The predicted octanol–water partition coefficient (Wildman–Crippen LogP) is 1.14. The van der Waals surface area contributed by atoms with Crippen LogP contribution < -0.4 is 20.9 Å². The summed E-state index contributed by atoms with van der Waals surface area (Å²) in [7, 11) is 1.66. The van der Waals surface area contributed by atoms with Gasteiger partial charge in [0.25, 0.3) is 5.91 Å². The summed E-state index contributed by atoms with van der Waals surface area (Å²) in [4.78, 5) is 11.7. The second-order valence-electron chi connectivity index (χ2n) is 3.95. The topological polar surface area (TPSA) is 62.4 Å². The van der Waals surface area contributed by atoms with Crippen LogP contribution in [-0.2, 0) is 11.2 Å². The van der Waals surface area contributed by atoms with E-state index in [9.17, 15) is 4.79 Å². The van der Waals surface area contributed by atoms with E-state index in [2.05, 4.69) is 23.1 Å². The van der Waals surface area contributed by atoms with E-state index in [-0.39, 0.29) is 5.91 Å². The number of ether oxygens (including phenoxy) is 1. The number of carbonyl (C=O) groups is 1. The van der Waals surface area contributed by atoms with Crippen LogP contribution in [0.4, 0.5) is 0 Å². The van der Waals surface area contributed by atoms with Gasteiger partial charge in [-0.05, 0) is 43.3 Å². The Morgan fingerprint density at radius 2 is 1.95 bits per heavy atom. The first kappa shape index (κ1) is 15.2. The first-order valence-corrected chi connectivity index (χ1v) is 6.50. The van der Waals surface area contributed by atoms with Crippen LogP contribution in [-0.4, -0.2) is 24.2 Å². The lowest BCUT2D eigenvalue weighted by Gasteiger charge is -2.16. The monoisotopic (exact) mass is 281 g/mol. The van der Waals surface area contributed by atoms with E-state index < -0.39 is 6.10 Å². The van der Waals surface area contributed by atoms with Crippen LogP contribution >= 0.6 is 12.2 Å². The second kappa shape index (κ2) is 7.58. The molecule has 0 bridgehead atoms. The number of thiocarbonyl (C=S) groups is 1. The van der Waals surface area contributed by atoms with Crippen molar-refractivity contribution in [2.45, 2.75) is 26.4 Å². The summed E-state index contributed by atoms with van der Waals surface area (Å²) in [6.45, 7) is 3.76. The zero-order chi connectivity index (χ0) is 14.3. The van der Waals surface area contributed by atoms with E-state index >= 15 is 0 Å². The molecule has 0 unspecified atom stereocenters. The van der Waals surface area contributed by atoms with Crippen molar-refractivity contribution >= 4 is 23.2 Å². The molecule has 0 saturated heterocycles. The summed E-state index contributed by atoms with van der Waals surface area (Å²) in [6.07, 6.45) is 0.362. The van der Waals surface area contributed by atoms with Gasteiger partial charge < -0.3 is 10.1 Å². The number of hydrazine groups is 1. The highest BCUT2D eigenvalue weighted by Crippen LogP contribution is 2.14. The molecule has 1 aromatic rings. The van der Waals surface area contributed by atoms with E-state index in [4.69, 9.17) is 17.0 Å². The van der Waals surface area contributed by atoms with E-state index in [1.54, 1.807) is 14.0 Å². The van der Waals surface area contributed by atoms with Crippen molar-refractivity contribution in [3.63, 3.8) is 0 Å². The Bertz CT molecular complexity index is 434. The Kier molecular flexibility index (Phi) is 6.08. The molecule has 0 aliphatic rings. The maximum Gasteiger partial charge on any atom is 0.279 e. The Morgan fingerprint density at radius 1 is 1.32 bits per heavy atom. The maximum absolute atomic E-state index is 11.7. The third-order valence-electron chi connectivity index (χ3n) is 2.54. The van der Waals surface area contributed by atoms with Gasteiger partial charge >= 0.3 is 0 Å². The zero-order valence-corrected chi connectivity index (χ0v) is 12.1. The molecule has 0 spiro atoms. The van der Waals surface area contributed by atoms with E-state index in [0.29, 0.717) is 10.9 Å². The van der Waals surface area contributed by atoms with Gasteiger partial charge in [-0.15, -0.1) is 0 Å². The summed E-state index contributed by atoms with van der Waals surface area (Å²) in [5.74, 6) is 0.369. The van der Waals surface area contributed by atoms with Crippen molar-refractivity contribution in [3.05, 3.63) is 29.8 Å². The van der Waals surface area contributed by atoms with Crippen LogP contribution in [0.3, 0.4) is 0 Å². The Morgan fingerprint density at radius 3 is 2.47 bits per heavy atom. The van der Waals surface area contributed by atoms with Gasteiger partial charge in [-0.25, -0.2) is 0 Å². The van der Waals surface area contributed by atoms with Crippen molar-refractivity contribution in [2.75, 3.05) is 7.05 Å². The van der Waals surface area contributed by atoms with E-state index in [0.717, 1.165) is 6.42 Å². The summed E-state index contributed by atoms with van der Waals surface area (Å²) in [5, 5.41) is 3.03. The number of rotatable bonds is 4. The van der Waals surface area contributed by atoms with Crippen molar-refractivity contribution in [3.8, 4) is 5.75 Å². The third kappa shape index (κ3) is 5.13. The number of amides is 1. The Labute approximate surface area is 118 Å². The number of nitrogens with one attached hydrogen (secondary N) is 3. The number of aryl methyl sites for hydroxylation is 1. The molecule has 0 aliphatic heterocycles. The molecule has 0 fully saturated rings. The minimum atomic E-state index is -0.611. The van der Waals surface area contributed by atoms with Crippen LogP contribution in [0, 0.1) is 0 Å². The molecular formula is C13H19N3O2S. The minimum absolute atomic E-state index is 0.294. The van der Waals surface area contributed by atoms with Gasteiger partial charge in [0.1, 0.15) is 5.75 Å². The number of hydrogen-bond acceptors (Lipinski definition) is 3. The minimum Gasteiger partial charge on any atom is -0.481 e. The van der Waals surface area contributed by atoms with Gasteiger partial charge in [-0.2, -0.15) is 0 Å². The molecular weight excluding hydrogens is 262 g/mol. The van der Waals surface area contributed by atoms with Gasteiger partial charge in [0.15, 0.2) is 11.2 Å². The number of carbonyl (C=O) groups excluding carboxylic acids is 1. The Balaban J connectivity index is 2.46. The molecule has 3 N–H and O–H groups in total. The highest BCUT2D eigenvalue weighted by atomic mass is 32.1. The van der Waals surface area contributed by atoms with Gasteiger partial charge in [-0.1, -0.05) is 19.1 Å². The summed E-state index contributed by atoms with van der Waals surface area (Å²) in [6, 6.07) is 7.67. The third-order valence-corrected chi connectivity index (χ3v) is 2.85. The largest absolute Gasteiger partial charge is 0.481 e. The highest BCUT2D eigenvalue weighted by Gasteiger charge is 2.14. The molecule has 19 heavy (non-hydrogen) atoms. The van der Waals surface area contributed by atoms with Gasteiger partial charge in [0, 0.05) is 7.05 Å². The SMILES string of the molecule is CCc1ccc(O[C@H](C)C(=O)NNC(=S)NC)cc1. The predicted molar refractivity (Wildman–Crippen MR) is 78.8 cm³/mol. The summed E-state index contributed by atoms with van der Waals surface area (Å²) in [5.41, 5.74) is 6.24. The normalized spacial score (nSPS) is 11.3. The van der Waals surface area contributed by atoms with Crippen LogP contribution in [0.25, 0.3) is 0 Å². The van der Waals surface area contributed by atoms with Crippen LogP contribution in [0.15, 0.2) is 24.3 Å². The molecule has 6 heteroatoms. The standard InChI is InChI=1S/C13H19N3O2S/c1-4-10-5-7-11(8-6-10)18-9(2)12(17)15-16-13(19)14-3/h5-9H,4H2,1-3H3,(H,15,17)(H2,14,16,19)/t9-/m1/s1. The van der Waals surface area contributed by atoms with Crippen LogP contribution in [0.1, 0.15) is 19.4 Å². The lowest BCUT2D eigenvalue weighted by atomic mass is 10.2. The van der Waals surface area contributed by atoms with Crippen molar-refractivity contribution < 1.29 is 9.53 Å². The fraction of sp³-hybridized carbons (Fsp3) is 0.385. The average Bonchev–Trinajstić information content (AvgIpc) is 2.44. The van der Waals surface area contributed by atoms with Gasteiger partial charge in [-0.3, -0.25) is 15.6 Å². The number of hydrogen-bond donors (Lipinski definition) is 3. The van der Waals surface area contributed by atoms with Crippen LogP contribution in [0.2, 0.25) is 0 Å². The van der Waals surface area contributed by atoms with Crippen molar-refractivity contribution in [1.29, 1.82) is 0 Å². The molecule has 1 rings (SSSR count). The lowest BCUT2D eigenvalue weighted by Crippen LogP contribution is -2.49.